The van der Waals surface area contributed by atoms with Crippen LogP contribution in [0.15, 0.2) is 11.4 Å². The molecule has 0 radical (unpaired) electrons. The van der Waals surface area contributed by atoms with Gasteiger partial charge in [0.25, 0.3) is 0 Å². The van der Waals surface area contributed by atoms with Crippen LogP contribution in [0, 0.1) is 6.92 Å². The number of carbonyl (C=O) groups is 1. The van der Waals surface area contributed by atoms with Crippen LogP contribution >= 0.6 is 11.3 Å². The van der Waals surface area contributed by atoms with Crippen molar-refractivity contribution in [1.29, 1.82) is 0 Å². The van der Waals surface area contributed by atoms with Crippen molar-refractivity contribution in [3.63, 3.8) is 0 Å². The van der Waals surface area contributed by atoms with Crippen molar-refractivity contribution in [2.75, 3.05) is 20.2 Å². The number of aliphatic hydroxyl groups is 1. The summed E-state index contributed by atoms with van der Waals surface area (Å²) in [5.41, 5.74) is 6.72. The summed E-state index contributed by atoms with van der Waals surface area (Å²) in [6, 6.07) is 1.27. The van der Waals surface area contributed by atoms with Crippen LogP contribution in [0.5, 0.6) is 0 Å². The lowest BCUT2D eigenvalue weighted by atomic mass is 10.2. The van der Waals surface area contributed by atoms with Crippen LogP contribution < -0.4 is 5.73 Å². The Labute approximate surface area is 99.7 Å². The van der Waals surface area contributed by atoms with Gasteiger partial charge >= 0.3 is 0 Å². The second-order valence-electron chi connectivity index (χ2n) is 3.83. The molecular formula is C11H18N2O2S. The summed E-state index contributed by atoms with van der Waals surface area (Å²) in [5, 5.41) is 10.8. The van der Waals surface area contributed by atoms with Gasteiger partial charge in [0.05, 0.1) is 6.61 Å². The molecule has 1 atom stereocenters. The fourth-order valence-corrected chi connectivity index (χ4v) is 2.30. The Balaban J connectivity index is 2.44. The van der Waals surface area contributed by atoms with Crippen LogP contribution in [-0.4, -0.2) is 42.2 Å². The van der Waals surface area contributed by atoms with Gasteiger partial charge in [-0.05, 0) is 30.4 Å². The maximum atomic E-state index is 11.6. The summed E-state index contributed by atoms with van der Waals surface area (Å²) < 4.78 is 0. The molecule has 1 heterocycles. The molecule has 4 nitrogen and oxygen atoms in total. The van der Waals surface area contributed by atoms with Crippen molar-refractivity contribution in [3.8, 4) is 0 Å². The van der Waals surface area contributed by atoms with Crippen molar-refractivity contribution in [2.24, 2.45) is 5.73 Å². The second-order valence-corrected chi connectivity index (χ2v) is 4.83. The highest BCUT2D eigenvalue weighted by Gasteiger charge is 2.16. The van der Waals surface area contributed by atoms with Crippen molar-refractivity contribution >= 4 is 17.2 Å². The topological polar surface area (TPSA) is 66.6 Å². The van der Waals surface area contributed by atoms with Gasteiger partial charge in [0.1, 0.15) is 6.04 Å². The van der Waals surface area contributed by atoms with Gasteiger partial charge in [-0.3, -0.25) is 4.79 Å². The van der Waals surface area contributed by atoms with Gasteiger partial charge in [-0.15, -0.1) is 11.3 Å². The predicted octanol–water partition coefficient (Wildman–Crippen LogP) is 0.377. The monoisotopic (exact) mass is 242 g/mol. The van der Waals surface area contributed by atoms with Crippen LogP contribution in [0.1, 0.15) is 10.4 Å². The average molecular weight is 242 g/mol. The fourth-order valence-electron chi connectivity index (χ4n) is 1.40. The zero-order valence-electron chi connectivity index (χ0n) is 9.64. The van der Waals surface area contributed by atoms with Crippen molar-refractivity contribution in [1.82, 2.24) is 4.90 Å². The first-order chi connectivity index (χ1) is 7.56. The number of aliphatic hydroxyl groups excluding tert-OH is 1. The molecule has 0 saturated carbocycles. The summed E-state index contributed by atoms with van der Waals surface area (Å²) in [6.07, 6.45) is 0.837. The standard InChI is InChI=1S/C11H18N2O2S/c1-8-4-6-16-10(8)3-5-13(2)11(15)9(12)7-14/h4,6,9,14H,3,5,7,12H2,1-2H3. The Morgan fingerprint density at radius 3 is 2.88 bits per heavy atom. The molecule has 1 unspecified atom stereocenters. The third-order valence-electron chi connectivity index (χ3n) is 2.53. The van der Waals surface area contributed by atoms with Gasteiger partial charge in [0.2, 0.25) is 5.91 Å². The van der Waals surface area contributed by atoms with E-state index in [1.165, 1.54) is 10.4 Å². The highest BCUT2D eigenvalue weighted by Crippen LogP contribution is 2.16. The van der Waals surface area contributed by atoms with Crippen LogP contribution in [0.25, 0.3) is 0 Å². The zero-order valence-corrected chi connectivity index (χ0v) is 10.5. The summed E-state index contributed by atoms with van der Waals surface area (Å²) in [6.45, 7) is 2.39. The number of hydrogen-bond acceptors (Lipinski definition) is 4. The number of rotatable bonds is 5. The third kappa shape index (κ3) is 3.30. The largest absolute Gasteiger partial charge is 0.394 e. The molecule has 0 bridgehead atoms. The molecule has 3 N–H and O–H groups in total. The Hall–Kier alpha value is -0.910. The van der Waals surface area contributed by atoms with Gasteiger partial charge in [-0.1, -0.05) is 0 Å². The average Bonchev–Trinajstić information content (AvgIpc) is 2.69. The van der Waals surface area contributed by atoms with Crippen LogP contribution in [0.4, 0.5) is 0 Å². The number of nitrogens with zero attached hydrogens (tertiary/aromatic N) is 1. The number of hydrogen-bond donors (Lipinski definition) is 2. The van der Waals surface area contributed by atoms with E-state index in [2.05, 4.69) is 13.0 Å². The molecule has 0 fully saturated rings. The lowest BCUT2D eigenvalue weighted by Gasteiger charge is -2.19. The van der Waals surface area contributed by atoms with Gasteiger partial charge in [-0.2, -0.15) is 0 Å². The molecule has 1 amide bonds. The number of thiophene rings is 1. The number of amides is 1. The molecule has 0 aromatic carbocycles. The first-order valence-electron chi connectivity index (χ1n) is 5.20. The van der Waals surface area contributed by atoms with Crippen LogP contribution in [-0.2, 0) is 11.2 Å². The van der Waals surface area contributed by atoms with Gasteiger partial charge < -0.3 is 15.7 Å². The molecule has 1 aromatic heterocycles. The second kappa shape index (κ2) is 5.98. The quantitative estimate of drug-likeness (QED) is 0.784. The first kappa shape index (κ1) is 13.2. The molecule has 5 heteroatoms. The lowest BCUT2D eigenvalue weighted by Crippen LogP contribution is -2.44. The molecule has 0 aliphatic heterocycles. The van der Waals surface area contributed by atoms with Crippen molar-refractivity contribution in [2.45, 2.75) is 19.4 Å². The van der Waals surface area contributed by atoms with Gasteiger partial charge in [0.15, 0.2) is 0 Å². The van der Waals surface area contributed by atoms with E-state index in [1.807, 2.05) is 5.38 Å². The fraction of sp³-hybridized carbons (Fsp3) is 0.545. The van der Waals surface area contributed by atoms with E-state index in [0.717, 1.165) is 6.42 Å². The lowest BCUT2D eigenvalue weighted by molar-refractivity contribution is -0.132. The number of carbonyl (C=O) groups excluding carboxylic acids is 1. The Morgan fingerprint density at radius 1 is 1.69 bits per heavy atom. The molecule has 0 spiro atoms. The maximum Gasteiger partial charge on any atom is 0.241 e. The first-order valence-corrected chi connectivity index (χ1v) is 6.08. The Morgan fingerprint density at radius 2 is 2.38 bits per heavy atom. The molecule has 0 saturated heterocycles. The maximum absolute atomic E-state index is 11.6. The molecule has 1 aromatic rings. The zero-order chi connectivity index (χ0) is 12.1. The van der Waals surface area contributed by atoms with Crippen molar-refractivity contribution < 1.29 is 9.90 Å². The minimum Gasteiger partial charge on any atom is -0.394 e. The van der Waals surface area contributed by atoms with Crippen molar-refractivity contribution in [3.05, 3.63) is 21.9 Å². The SMILES string of the molecule is Cc1ccsc1CCN(C)C(=O)C(N)CO. The van der Waals surface area contributed by atoms with Gasteiger partial charge in [0, 0.05) is 18.5 Å². The van der Waals surface area contributed by atoms with E-state index < -0.39 is 6.04 Å². The molecule has 0 aliphatic rings. The van der Waals surface area contributed by atoms with Crippen LogP contribution in [0.3, 0.4) is 0 Å². The minimum atomic E-state index is -0.797. The summed E-state index contributed by atoms with van der Waals surface area (Å²) in [5.74, 6) is -0.211. The highest BCUT2D eigenvalue weighted by molar-refractivity contribution is 7.10. The number of aryl methyl sites for hydroxylation is 1. The molecule has 90 valence electrons. The summed E-state index contributed by atoms with van der Waals surface area (Å²) >= 11 is 1.70. The smallest absolute Gasteiger partial charge is 0.241 e. The van der Waals surface area contributed by atoms with E-state index in [4.69, 9.17) is 10.8 Å². The van der Waals surface area contributed by atoms with E-state index in [1.54, 1.807) is 23.3 Å². The van der Waals surface area contributed by atoms with E-state index in [-0.39, 0.29) is 12.5 Å². The van der Waals surface area contributed by atoms with Crippen LogP contribution in [0.2, 0.25) is 0 Å². The van der Waals surface area contributed by atoms with Gasteiger partial charge in [-0.25, -0.2) is 0 Å². The summed E-state index contributed by atoms with van der Waals surface area (Å²) in [4.78, 5) is 14.4. The highest BCUT2D eigenvalue weighted by atomic mass is 32.1. The Kier molecular flexibility index (Phi) is 4.92. The number of nitrogens with two attached hydrogens (primary N) is 1. The summed E-state index contributed by atoms with van der Waals surface area (Å²) in [7, 11) is 1.71. The third-order valence-corrected chi connectivity index (χ3v) is 3.62. The number of likely N-dealkylation sites (N-methyl/N-ethyl adjacent to an activating group) is 1. The molecule has 16 heavy (non-hydrogen) atoms. The van der Waals surface area contributed by atoms with E-state index in [9.17, 15) is 4.79 Å². The normalized spacial score (nSPS) is 12.5. The predicted molar refractivity (Wildman–Crippen MR) is 65.5 cm³/mol. The minimum absolute atomic E-state index is 0.211. The Bertz CT molecular complexity index is 352. The molecule has 1 rings (SSSR count). The van der Waals surface area contributed by atoms with E-state index in [0.29, 0.717) is 6.54 Å². The molecular weight excluding hydrogens is 224 g/mol. The molecule has 0 aliphatic carbocycles. The van der Waals surface area contributed by atoms with E-state index >= 15 is 0 Å².